The van der Waals surface area contributed by atoms with Crippen LogP contribution in [0, 0.1) is 5.82 Å². The number of benzene rings is 1. The average Bonchev–Trinajstić information content (AvgIpc) is 3.08. The van der Waals surface area contributed by atoms with Crippen LogP contribution >= 0.6 is 0 Å². The molecule has 0 N–H and O–H groups in total. The standard InChI is InChI=1S/C16H20FN3O5S/c1-4-14-18-19-15(25-14)10-24-16(21)11-7-8-12(17)13(9-11)26(22,23)20(5-2)6-3/h7-9H,4-6,10H2,1-3H3. The molecule has 0 radical (unpaired) electrons. The Kier molecular flexibility index (Phi) is 6.43. The number of nitrogens with zero attached hydrogens (tertiary/aromatic N) is 3. The third-order valence-corrected chi connectivity index (χ3v) is 5.69. The van der Waals surface area contributed by atoms with Gasteiger partial charge in [-0.2, -0.15) is 4.31 Å². The molecular formula is C16H20FN3O5S. The Morgan fingerprint density at radius 2 is 1.85 bits per heavy atom. The van der Waals surface area contributed by atoms with Gasteiger partial charge in [0.25, 0.3) is 5.89 Å². The van der Waals surface area contributed by atoms with Crippen LogP contribution in [0.25, 0.3) is 0 Å². The fourth-order valence-corrected chi connectivity index (χ4v) is 3.78. The highest BCUT2D eigenvalue weighted by atomic mass is 32.2. The first-order valence-corrected chi connectivity index (χ1v) is 9.55. The number of rotatable bonds is 8. The molecule has 0 bridgehead atoms. The molecule has 1 aromatic heterocycles. The molecule has 0 saturated heterocycles. The lowest BCUT2D eigenvalue weighted by Gasteiger charge is -2.19. The van der Waals surface area contributed by atoms with Gasteiger partial charge in [0, 0.05) is 19.5 Å². The van der Waals surface area contributed by atoms with E-state index >= 15 is 0 Å². The molecule has 0 spiro atoms. The Balaban J connectivity index is 2.21. The zero-order valence-corrected chi connectivity index (χ0v) is 15.5. The predicted octanol–water partition coefficient (Wildman–Crippen LogP) is 2.16. The molecule has 0 aliphatic heterocycles. The average molecular weight is 385 g/mol. The molecule has 10 heteroatoms. The summed E-state index contributed by atoms with van der Waals surface area (Å²) in [5.41, 5.74) is -0.0904. The van der Waals surface area contributed by atoms with E-state index in [1.54, 1.807) is 13.8 Å². The number of esters is 1. The van der Waals surface area contributed by atoms with Gasteiger partial charge in [-0.05, 0) is 18.2 Å². The van der Waals surface area contributed by atoms with Gasteiger partial charge in [0.1, 0.15) is 10.7 Å². The molecule has 0 fully saturated rings. The molecule has 26 heavy (non-hydrogen) atoms. The molecule has 0 saturated carbocycles. The van der Waals surface area contributed by atoms with Gasteiger partial charge in [0.15, 0.2) is 6.61 Å². The van der Waals surface area contributed by atoms with E-state index in [1.807, 2.05) is 6.92 Å². The highest BCUT2D eigenvalue weighted by Gasteiger charge is 2.26. The van der Waals surface area contributed by atoms with Crippen molar-refractivity contribution in [3.05, 3.63) is 41.4 Å². The Hall–Kier alpha value is -2.33. The second kappa shape index (κ2) is 8.37. The van der Waals surface area contributed by atoms with Crippen molar-refractivity contribution in [1.29, 1.82) is 0 Å². The van der Waals surface area contributed by atoms with E-state index in [0.717, 1.165) is 22.5 Å². The number of aryl methyl sites for hydroxylation is 1. The molecule has 0 unspecified atom stereocenters. The van der Waals surface area contributed by atoms with E-state index in [2.05, 4.69) is 10.2 Å². The summed E-state index contributed by atoms with van der Waals surface area (Å²) in [4.78, 5) is 11.6. The maximum Gasteiger partial charge on any atom is 0.338 e. The lowest BCUT2D eigenvalue weighted by molar-refractivity contribution is 0.0436. The van der Waals surface area contributed by atoms with Crippen molar-refractivity contribution in [3.8, 4) is 0 Å². The summed E-state index contributed by atoms with van der Waals surface area (Å²) in [6, 6.07) is 3.05. The maximum atomic E-state index is 14.1. The fraction of sp³-hybridized carbons (Fsp3) is 0.438. The minimum atomic E-state index is -4.05. The lowest BCUT2D eigenvalue weighted by Crippen LogP contribution is -2.31. The summed E-state index contributed by atoms with van der Waals surface area (Å²) >= 11 is 0. The van der Waals surface area contributed by atoms with Crippen LogP contribution in [0.4, 0.5) is 4.39 Å². The SMILES string of the molecule is CCc1nnc(COC(=O)c2ccc(F)c(S(=O)(=O)N(CC)CC)c2)o1. The summed E-state index contributed by atoms with van der Waals surface area (Å²) in [7, 11) is -4.05. The molecule has 142 valence electrons. The normalized spacial score (nSPS) is 11.7. The molecule has 1 heterocycles. The quantitative estimate of drug-likeness (QED) is 0.642. The number of aromatic nitrogens is 2. The Labute approximate surface area is 151 Å². The highest BCUT2D eigenvalue weighted by Crippen LogP contribution is 2.21. The summed E-state index contributed by atoms with van der Waals surface area (Å²) < 4.78 is 50.4. The third kappa shape index (κ3) is 4.25. The van der Waals surface area contributed by atoms with Gasteiger partial charge < -0.3 is 9.15 Å². The number of sulfonamides is 1. The van der Waals surface area contributed by atoms with Crippen molar-refractivity contribution in [1.82, 2.24) is 14.5 Å². The van der Waals surface area contributed by atoms with Crippen LogP contribution in [0.5, 0.6) is 0 Å². The first-order valence-electron chi connectivity index (χ1n) is 8.11. The summed E-state index contributed by atoms with van der Waals surface area (Å²) in [5.74, 6) is -1.23. The van der Waals surface area contributed by atoms with Crippen LogP contribution in [-0.4, -0.2) is 42.0 Å². The van der Waals surface area contributed by atoms with Gasteiger partial charge in [0.2, 0.25) is 15.9 Å². The monoisotopic (exact) mass is 385 g/mol. The second-order valence-corrected chi connectivity index (χ2v) is 7.16. The number of halogens is 1. The van der Waals surface area contributed by atoms with Crippen LogP contribution < -0.4 is 0 Å². The summed E-state index contributed by atoms with van der Waals surface area (Å²) in [5, 5.41) is 7.45. The second-order valence-electron chi connectivity index (χ2n) is 5.25. The lowest BCUT2D eigenvalue weighted by atomic mass is 10.2. The number of carbonyl (C=O) groups excluding carboxylic acids is 1. The van der Waals surface area contributed by atoms with Gasteiger partial charge in [-0.15, -0.1) is 10.2 Å². The zero-order valence-electron chi connectivity index (χ0n) is 14.7. The Morgan fingerprint density at radius 1 is 1.19 bits per heavy atom. The predicted molar refractivity (Wildman–Crippen MR) is 89.3 cm³/mol. The van der Waals surface area contributed by atoms with Gasteiger partial charge in [-0.1, -0.05) is 20.8 Å². The van der Waals surface area contributed by atoms with Gasteiger partial charge in [0.05, 0.1) is 5.56 Å². The molecule has 0 aliphatic rings. The summed E-state index contributed by atoms with van der Waals surface area (Å²) in [6.07, 6.45) is 0.547. The smallest absolute Gasteiger partial charge is 0.338 e. The van der Waals surface area contributed by atoms with Crippen molar-refractivity contribution in [2.24, 2.45) is 0 Å². The van der Waals surface area contributed by atoms with E-state index in [9.17, 15) is 17.6 Å². The molecular weight excluding hydrogens is 365 g/mol. The van der Waals surface area contributed by atoms with Crippen LogP contribution in [0.1, 0.15) is 42.9 Å². The Morgan fingerprint density at radius 3 is 2.42 bits per heavy atom. The van der Waals surface area contributed by atoms with Crippen molar-refractivity contribution < 1.29 is 26.8 Å². The third-order valence-electron chi connectivity index (χ3n) is 3.63. The van der Waals surface area contributed by atoms with Gasteiger partial charge in [-0.3, -0.25) is 0 Å². The van der Waals surface area contributed by atoms with Crippen molar-refractivity contribution in [2.75, 3.05) is 13.1 Å². The highest BCUT2D eigenvalue weighted by molar-refractivity contribution is 7.89. The van der Waals surface area contributed by atoms with Gasteiger partial charge >= 0.3 is 5.97 Å². The molecule has 0 atom stereocenters. The van der Waals surface area contributed by atoms with E-state index in [0.29, 0.717) is 12.3 Å². The first-order chi connectivity index (χ1) is 12.3. The molecule has 0 aliphatic carbocycles. The van der Waals surface area contributed by atoms with Crippen molar-refractivity contribution >= 4 is 16.0 Å². The largest absolute Gasteiger partial charge is 0.452 e. The van der Waals surface area contributed by atoms with Crippen LogP contribution in [0.2, 0.25) is 0 Å². The van der Waals surface area contributed by atoms with Crippen LogP contribution in [0.15, 0.2) is 27.5 Å². The summed E-state index contributed by atoms with van der Waals surface area (Å²) in [6.45, 7) is 5.23. The molecule has 1 aromatic carbocycles. The molecule has 2 aromatic rings. The minimum Gasteiger partial charge on any atom is -0.452 e. The van der Waals surface area contributed by atoms with E-state index in [-0.39, 0.29) is 31.2 Å². The number of hydrogen-bond donors (Lipinski definition) is 0. The first kappa shape index (κ1) is 20.0. The number of ether oxygens (including phenoxy) is 1. The van der Waals surface area contributed by atoms with Gasteiger partial charge in [-0.25, -0.2) is 17.6 Å². The van der Waals surface area contributed by atoms with E-state index in [4.69, 9.17) is 9.15 Å². The molecule has 8 nitrogen and oxygen atoms in total. The number of carbonyl (C=O) groups is 1. The molecule has 0 amide bonds. The maximum absolute atomic E-state index is 14.1. The Bertz CT molecular complexity index is 878. The number of hydrogen-bond acceptors (Lipinski definition) is 7. The zero-order chi connectivity index (χ0) is 19.3. The topological polar surface area (TPSA) is 103 Å². The fourth-order valence-electron chi connectivity index (χ4n) is 2.23. The van der Waals surface area contributed by atoms with Crippen molar-refractivity contribution in [3.63, 3.8) is 0 Å². The van der Waals surface area contributed by atoms with E-state index in [1.165, 1.54) is 0 Å². The molecule has 2 rings (SSSR count). The van der Waals surface area contributed by atoms with E-state index < -0.39 is 26.7 Å². The minimum absolute atomic E-state index is 0.0904. The van der Waals surface area contributed by atoms with Crippen LogP contribution in [-0.2, 0) is 27.8 Å². The van der Waals surface area contributed by atoms with Crippen LogP contribution in [0.3, 0.4) is 0 Å². The van der Waals surface area contributed by atoms with Crippen molar-refractivity contribution in [2.45, 2.75) is 38.7 Å².